The molecule has 2 aromatic carbocycles. The molecule has 4 rings (SSSR count). The maximum absolute atomic E-state index is 13.8. The number of aryl methyl sites for hydroxylation is 1. The number of benzene rings is 2. The lowest BCUT2D eigenvalue weighted by Crippen LogP contribution is -2.49. The summed E-state index contributed by atoms with van der Waals surface area (Å²) in [4.78, 5) is 31.9. The van der Waals surface area contributed by atoms with E-state index < -0.39 is 0 Å². The molecule has 3 amide bonds. The number of nitrogens with zero attached hydrogens (tertiary/aromatic N) is 2. The zero-order chi connectivity index (χ0) is 27.1. The molecule has 0 unspecified atom stereocenters. The molecule has 0 fully saturated rings. The first kappa shape index (κ1) is 27.5. The molecule has 7 nitrogen and oxygen atoms in total. The van der Waals surface area contributed by atoms with Crippen LogP contribution in [-0.2, 0) is 11.2 Å². The van der Waals surface area contributed by atoms with Gasteiger partial charge in [-0.3, -0.25) is 4.79 Å². The third-order valence-corrected chi connectivity index (χ3v) is 8.02. The molecule has 0 saturated carbocycles. The second-order valence-corrected chi connectivity index (χ2v) is 10.8. The van der Waals surface area contributed by atoms with Crippen molar-refractivity contribution in [3.8, 4) is 11.5 Å². The summed E-state index contributed by atoms with van der Waals surface area (Å²) in [5.74, 6) is 1.47. The normalized spacial score (nSPS) is 15.4. The number of methoxy groups -OCH3 is 1. The second-order valence-electron chi connectivity index (χ2n) is 9.80. The van der Waals surface area contributed by atoms with E-state index in [9.17, 15) is 9.59 Å². The van der Waals surface area contributed by atoms with Gasteiger partial charge >= 0.3 is 6.03 Å². The van der Waals surface area contributed by atoms with Crippen molar-refractivity contribution in [3.05, 3.63) is 76.0 Å². The number of carbonyl (C=O) groups is 2. The molecule has 2 atom stereocenters. The summed E-state index contributed by atoms with van der Waals surface area (Å²) in [7, 11) is 1.61. The number of anilines is 1. The minimum Gasteiger partial charge on any atom is -0.493 e. The summed E-state index contributed by atoms with van der Waals surface area (Å²) in [5, 5.41) is 5.04. The lowest BCUT2D eigenvalue weighted by atomic mass is 10.00. The first-order chi connectivity index (χ1) is 18.4. The molecule has 202 valence electrons. The minimum atomic E-state index is -0.266. The highest BCUT2D eigenvalue weighted by molar-refractivity contribution is 7.10. The van der Waals surface area contributed by atoms with Crippen LogP contribution in [0, 0.1) is 12.8 Å². The third kappa shape index (κ3) is 6.67. The van der Waals surface area contributed by atoms with Gasteiger partial charge in [0.15, 0.2) is 11.5 Å². The third-order valence-electron chi connectivity index (χ3n) is 7.03. The van der Waals surface area contributed by atoms with Crippen LogP contribution in [0.5, 0.6) is 11.5 Å². The molecule has 0 bridgehead atoms. The second kappa shape index (κ2) is 12.8. The van der Waals surface area contributed by atoms with Crippen molar-refractivity contribution in [2.45, 2.75) is 39.7 Å². The standard InChI is InChI=1S/C30H37N3O4S/c1-5-21(2)18-32(30(35)31-23-12-10-22(3)11-13-23)19-29(34)33-16-14-28-24(15-17-38-28)25(33)20-37-27-9-7-6-8-26(27)36-4/h6-13,15,17,21,25H,5,14,16,18-20H2,1-4H3,(H,31,35)/t21-,25+/m0/s1. The summed E-state index contributed by atoms with van der Waals surface area (Å²) < 4.78 is 11.6. The zero-order valence-corrected chi connectivity index (χ0v) is 23.4. The number of amides is 3. The molecule has 3 aromatic rings. The van der Waals surface area contributed by atoms with Gasteiger partial charge in [0.05, 0.1) is 13.2 Å². The summed E-state index contributed by atoms with van der Waals surface area (Å²) in [6, 6.07) is 16.8. The quantitative estimate of drug-likeness (QED) is 0.338. The molecule has 38 heavy (non-hydrogen) atoms. The van der Waals surface area contributed by atoms with Crippen LogP contribution in [0.25, 0.3) is 0 Å². The molecule has 0 spiro atoms. The van der Waals surface area contributed by atoms with Crippen LogP contribution in [0.1, 0.15) is 42.3 Å². The zero-order valence-electron chi connectivity index (χ0n) is 22.6. The molecule has 0 aliphatic carbocycles. The summed E-state index contributed by atoms with van der Waals surface area (Å²) >= 11 is 1.71. The number of ether oxygens (including phenoxy) is 2. The van der Waals surface area contributed by atoms with Crippen LogP contribution in [0.15, 0.2) is 60.0 Å². The van der Waals surface area contributed by atoms with Crippen molar-refractivity contribution in [3.63, 3.8) is 0 Å². The van der Waals surface area contributed by atoms with E-state index >= 15 is 0 Å². The first-order valence-corrected chi connectivity index (χ1v) is 14.0. The summed E-state index contributed by atoms with van der Waals surface area (Å²) in [6.07, 6.45) is 1.71. The molecule has 1 aliphatic heterocycles. The van der Waals surface area contributed by atoms with Crippen molar-refractivity contribution < 1.29 is 19.1 Å². The Kier molecular flexibility index (Phi) is 9.29. The van der Waals surface area contributed by atoms with E-state index in [0.717, 1.165) is 24.0 Å². The fraction of sp³-hybridized carbons (Fsp3) is 0.400. The van der Waals surface area contributed by atoms with Gasteiger partial charge in [0, 0.05) is 23.7 Å². The first-order valence-electron chi connectivity index (χ1n) is 13.1. The molecule has 0 radical (unpaired) electrons. The van der Waals surface area contributed by atoms with Crippen molar-refractivity contribution in [2.75, 3.05) is 38.7 Å². The number of hydrogen-bond acceptors (Lipinski definition) is 5. The summed E-state index contributed by atoms with van der Waals surface area (Å²) in [6.45, 7) is 7.59. The summed E-state index contributed by atoms with van der Waals surface area (Å²) in [5.41, 5.74) is 2.95. The monoisotopic (exact) mass is 535 g/mol. The predicted molar refractivity (Wildman–Crippen MR) is 152 cm³/mol. The van der Waals surface area contributed by atoms with Crippen LogP contribution in [0.3, 0.4) is 0 Å². The number of para-hydroxylation sites is 2. The number of hydrogen-bond donors (Lipinski definition) is 1. The minimum absolute atomic E-state index is 0.00661. The highest BCUT2D eigenvalue weighted by atomic mass is 32.1. The van der Waals surface area contributed by atoms with Gasteiger partial charge in [-0.15, -0.1) is 11.3 Å². The van der Waals surface area contributed by atoms with E-state index in [1.807, 2.05) is 60.4 Å². The van der Waals surface area contributed by atoms with E-state index in [0.29, 0.717) is 36.9 Å². The average Bonchev–Trinajstić information content (AvgIpc) is 3.41. The SMILES string of the molecule is CC[C@H](C)CN(CC(=O)N1CCc2sccc2[C@H]1COc1ccccc1OC)C(=O)Nc1ccc(C)cc1. The van der Waals surface area contributed by atoms with Crippen molar-refractivity contribution in [1.82, 2.24) is 9.80 Å². The Bertz CT molecular complexity index is 1230. The van der Waals surface area contributed by atoms with Crippen LogP contribution in [0.2, 0.25) is 0 Å². The van der Waals surface area contributed by atoms with Gasteiger partial charge < -0.3 is 24.6 Å². The van der Waals surface area contributed by atoms with Crippen LogP contribution in [0.4, 0.5) is 10.5 Å². The Morgan fingerprint density at radius 2 is 1.87 bits per heavy atom. The highest BCUT2D eigenvalue weighted by Crippen LogP contribution is 2.35. The van der Waals surface area contributed by atoms with E-state index in [1.54, 1.807) is 23.3 Å². The van der Waals surface area contributed by atoms with Gasteiger partial charge in [-0.25, -0.2) is 4.79 Å². The maximum Gasteiger partial charge on any atom is 0.322 e. The van der Waals surface area contributed by atoms with E-state index in [-0.39, 0.29) is 30.4 Å². The fourth-order valence-electron chi connectivity index (χ4n) is 4.60. The Hall–Kier alpha value is -3.52. The fourth-order valence-corrected chi connectivity index (χ4v) is 5.53. The average molecular weight is 536 g/mol. The van der Waals surface area contributed by atoms with E-state index in [2.05, 4.69) is 30.6 Å². The number of nitrogens with one attached hydrogen (secondary N) is 1. The van der Waals surface area contributed by atoms with Crippen molar-refractivity contribution in [2.24, 2.45) is 5.92 Å². The van der Waals surface area contributed by atoms with Gasteiger partial charge in [-0.05, 0) is 60.5 Å². The molecule has 8 heteroatoms. The molecule has 1 N–H and O–H groups in total. The van der Waals surface area contributed by atoms with Gasteiger partial charge in [0.2, 0.25) is 5.91 Å². The molecule has 0 saturated heterocycles. The molecule has 1 aliphatic rings. The lowest BCUT2D eigenvalue weighted by Gasteiger charge is -2.37. The van der Waals surface area contributed by atoms with E-state index in [4.69, 9.17) is 9.47 Å². The van der Waals surface area contributed by atoms with E-state index in [1.165, 1.54) is 4.88 Å². The Morgan fingerprint density at radius 1 is 1.13 bits per heavy atom. The van der Waals surface area contributed by atoms with Crippen molar-refractivity contribution >= 4 is 29.0 Å². The Balaban J connectivity index is 1.51. The number of fused-ring (bicyclic) bond motifs is 1. The Labute approximate surface area is 229 Å². The largest absolute Gasteiger partial charge is 0.493 e. The van der Waals surface area contributed by atoms with Crippen molar-refractivity contribution in [1.29, 1.82) is 0 Å². The predicted octanol–water partition coefficient (Wildman–Crippen LogP) is 6.15. The molecular formula is C30H37N3O4S. The smallest absolute Gasteiger partial charge is 0.322 e. The molecule has 1 aromatic heterocycles. The van der Waals surface area contributed by atoms with Gasteiger partial charge in [-0.2, -0.15) is 0 Å². The highest BCUT2D eigenvalue weighted by Gasteiger charge is 2.34. The van der Waals surface area contributed by atoms with Gasteiger partial charge in [0.25, 0.3) is 0 Å². The van der Waals surface area contributed by atoms with Gasteiger partial charge in [-0.1, -0.05) is 50.1 Å². The topological polar surface area (TPSA) is 71.1 Å². The lowest BCUT2D eigenvalue weighted by molar-refractivity contribution is -0.135. The Morgan fingerprint density at radius 3 is 2.58 bits per heavy atom. The number of rotatable bonds is 10. The molecule has 2 heterocycles. The number of carbonyl (C=O) groups excluding carboxylic acids is 2. The van der Waals surface area contributed by atoms with Crippen LogP contribution in [-0.4, -0.2) is 55.1 Å². The number of urea groups is 1. The number of thiophene rings is 1. The van der Waals surface area contributed by atoms with Gasteiger partial charge in [0.1, 0.15) is 13.2 Å². The molecular weight excluding hydrogens is 498 g/mol. The van der Waals surface area contributed by atoms with Crippen LogP contribution >= 0.6 is 11.3 Å². The van der Waals surface area contributed by atoms with Crippen LogP contribution < -0.4 is 14.8 Å². The maximum atomic E-state index is 13.8.